The number of amides is 1. The molecule has 2 aliphatic rings. The molecule has 0 aliphatic heterocycles. The summed E-state index contributed by atoms with van der Waals surface area (Å²) in [5.41, 5.74) is 1.51. The highest BCUT2D eigenvalue weighted by atomic mass is 16.5. The Bertz CT molecular complexity index is 669. The molecule has 2 N–H and O–H groups in total. The Morgan fingerprint density at radius 2 is 2.18 bits per heavy atom. The van der Waals surface area contributed by atoms with E-state index in [0.29, 0.717) is 36.3 Å². The van der Waals surface area contributed by atoms with Crippen molar-refractivity contribution in [2.24, 2.45) is 0 Å². The van der Waals surface area contributed by atoms with E-state index in [4.69, 9.17) is 4.52 Å². The Labute approximate surface area is 127 Å². The molecule has 0 saturated heterocycles. The first-order valence-electron chi connectivity index (χ1n) is 7.95. The van der Waals surface area contributed by atoms with E-state index in [1.807, 2.05) is 6.07 Å². The molecular weight excluding hydrogens is 282 g/mol. The van der Waals surface area contributed by atoms with Crippen molar-refractivity contribution in [3.63, 3.8) is 0 Å². The van der Waals surface area contributed by atoms with Crippen LogP contribution in [0.3, 0.4) is 0 Å². The molecule has 2 saturated carbocycles. The average molecular weight is 301 g/mol. The van der Waals surface area contributed by atoms with Crippen LogP contribution in [0, 0.1) is 0 Å². The highest BCUT2D eigenvalue weighted by molar-refractivity contribution is 5.92. The molecule has 0 aromatic carbocycles. The van der Waals surface area contributed by atoms with Gasteiger partial charge in [-0.15, -0.1) is 0 Å². The van der Waals surface area contributed by atoms with Crippen LogP contribution in [0.4, 0.5) is 0 Å². The molecule has 2 fully saturated rings. The summed E-state index contributed by atoms with van der Waals surface area (Å²) in [6.07, 6.45) is 6.46. The molecule has 0 radical (unpaired) electrons. The van der Waals surface area contributed by atoms with E-state index in [-0.39, 0.29) is 5.91 Å². The number of hydrogen-bond donors (Lipinski definition) is 2. The molecule has 2 heterocycles. The van der Waals surface area contributed by atoms with Crippen LogP contribution in [-0.4, -0.2) is 32.8 Å². The summed E-state index contributed by atoms with van der Waals surface area (Å²) in [6, 6.07) is 1.84. The summed E-state index contributed by atoms with van der Waals surface area (Å²) in [7, 11) is 0. The average Bonchev–Trinajstić information content (AvgIpc) is 3.01. The topological polar surface area (TPSA) is 96.7 Å². The first kappa shape index (κ1) is 13.5. The van der Waals surface area contributed by atoms with Gasteiger partial charge < -0.3 is 9.84 Å². The fraction of sp³-hybridized carbons (Fsp3) is 0.600. The van der Waals surface area contributed by atoms with E-state index in [1.165, 1.54) is 19.3 Å². The number of carbonyl (C=O) groups excluding carboxylic acids is 1. The minimum absolute atomic E-state index is 0.161. The van der Waals surface area contributed by atoms with Gasteiger partial charge in [-0.1, -0.05) is 11.6 Å². The highest BCUT2D eigenvalue weighted by Gasteiger charge is 2.27. The summed E-state index contributed by atoms with van der Waals surface area (Å²) >= 11 is 0. The normalized spacial score (nSPS) is 18.2. The Balaban J connectivity index is 1.26. The quantitative estimate of drug-likeness (QED) is 0.849. The number of hydrogen-bond acceptors (Lipinski definition) is 5. The van der Waals surface area contributed by atoms with Gasteiger partial charge in [-0.3, -0.25) is 9.89 Å². The van der Waals surface area contributed by atoms with Crippen LogP contribution in [-0.2, 0) is 6.42 Å². The maximum atomic E-state index is 12.0. The fourth-order valence-corrected chi connectivity index (χ4v) is 2.62. The minimum atomic E-state index is -0.161. The molecule has 116 valence electrons. The van der Waals surface area contributed by atoms with Crippen molar-refractivity contribution >= 4 is 5.91 Å². The molecule has 0 atom stereocenters. The van der Waals surface area contributed by atoms with Gasteiger partial charge in [0.1, 0.15) is 5.69 Å². The first-order valence-corrected chi connectivity index (χ1v) is 7.95. The van der Waals surface area contributed by atoms with Crippen LogP contribution in [0.2, 0.25) is 0 Å². The number of carbonyl (C=O) groups is 1. The molecule has 4 rings (SSSR count). The van der Waals surface area contributed by atoms with Crippen molar-refractivity contribution in [2.45, 2.75) is 50.4 Å². The van der Waals surface area contributed by atoms with Crippen molar-refractivity contribution in [3.05, 3.63) is 29.2 Å². The number of nitrogens with one attached hydrogen (secondary N) is 2. The molecule has 2 aromatic heterocycles. The third-order valence-electron chi connectivity index (χ3n) is 4.42. The van der Waals surface area contributed by atoms with Gasteiger partial charge >= 0.3 is 0 Å². The van der Waals surface area contributed by atoms with E-state index in [0.717, 1.165) is 24.4 Å². The van der Waals surface area contributed by atoms with Crippen molar-refractivity contribution in [2.75, 3.05) is 6.54 Å². The van der Waals surface area contributed by atoms with Gasteiger partial charge in [-0.2, -0.15) is 10.1 Å². The minimum Gasteiger partial charge on any atom is -0.350 e. The van der Waals surface area contributed by atoms with Crippen LogP contribution in [0.15, 0.2) is 10.6 Å². The summed E-state index contributed by atoms with van der Waals surface area (Å²) in [5, 5.41) is 13.8. The summed E-state index contributed by atoms with van der Waals surface area (Å²) in [4.78, 5) is 16.4. The SMILES string of the molecule is O=C(NCCc1noc(C2CCC2)n1)c1cc(C2CC2)[nH]n1. The lowest BCUT2D eigenvalue weighted by Crippen LogP contribution is -2.26. The molecule has 2 aliphatic carbocycles. The maximum absolute atomic E-state index is 12.0. The van der Waals surface area contributed by atoms with Gasteiger partial charge in [0.2, 0.25) is 5.89 Å². The van der Waals surface area contributed by atoms with Crippen molar-refractivity contribution in [3.8, 4) is 0 Å². The van der Waals surface area contributed by atoms with E-state index >= 15 is 0 Å². The largest absolute Gasteiger partial charge is 0.350 e. The van der Waals surface area contributed by atoms with Crippen LogP contribution in [0.5, 0.6) is 0 Å². The van der Waals surface area contributed by atoms with Crippen LogP contribution < -0.4 is 5.32 Å². The molecule has 22 heavy (non-hydrogen) atoms. The Morgan fingerprint density at radius 3 is 2.91 bits per heavy atom. The van der Waals surface area contributed by atoms with Crippen LogP contribution in [0.1, 0.15) is 71.8 Å². The summed E-state index contributed by atoms with van der Waals surface area (Å²) < 4.78 is 5.26. The number of aromatic nitrogens is 4. The number of aromatic amines is 1. The van der Waals surface area contributed by atoms with Crippen molar-refractivity contribution in [1.29, 1.82) is 0 Å². The number of H-pyrrole nitrogens is 1. The van der Waals surface area contributed by atoms with Crippen LogP contribution in [0.25, 0.3) is 0 Å². The summed E-state index contributed by atoms with van der Waals surface area (Å²) in [6.45, 7) is 0.480. The van der Waals surface area contributed by atoms with Gasteiger partial charge in [-0.05, 0) is 31.7 Å². The second-order valence-corrected chi connectivity index (χ2v) is 6.17. The van der Waals surface area contributed by atoms with Crippen LogP contribution >= 0.6 is 0 Å². The zero-order chi connectivity index (χ0) is 14.9. The zero-order valence-electron chi connectivity index (χ0n) is 12.3. The molecule has 7 heteroatoms. The predicted octanol–water partition coefficient (Wildman–Crippen LogP) is 1.91. The van der Waals surface area contributed by atoms with Crippen molar-refractivity contribution in [1.82, 2.24) is 25.7 Å². The molecule has 0 unspecified atom stereocenters. The molecule has 7 nitrogen and oxygen atoms in total. The second-order valence-electron chi connectivity index (χ2n) is 6.17. The summed E-state index contributed by atoms with van der Waals surface area (Å²) in [5.74, 6) is 2.25. The lowest BCUT2D eigenvalue weighted by atomic mass is 9.85. The number of nitrogens with zero attached hydrogens (tertiary/aromatic N) is 3. The maximum Gasteiger partial charge on any atom is 0.271 e. The lowest BCUT2D eigenvalue weighted by molar-refractivity contribution is 0.0949. The van der Waals surface area contributed by atoms with E-state index in [1.54, 1.807) is 0 Å². The van der Waals surface area contributed by atoms with E-state index in [9.17, 15) is 4.79 Å². The van der Waals surface area contributed by atoms with Gasteiger partial charge in [0, 0.05) is 30.5 Å². The smallest absolute Gasteiger partial charge is 0.271 e. The fourth-order valence-electron chi connectivity index (χ4n) is 2.62. The van der Waals surface area contributed by atoms with E-state index < -0.39 is 0 Å². The lowest BCUT2D eigenvalue weighted by Gasteiger charge is -2.20. The van der Waals surface area contributed by atoms with E-state index in [2.05, 4.69) is 25.7 Å². The monoisotopic (exact) mass is 301 g/mol. The van der Waals surface area contributed by atoms with Gasteiger partial charge in [0.05, 0.1) is 0 Å². The molecule has 2 aromatic rings. The molecule has 1 amide bonds. The third-order valence-corrected chi connectivity index (χ3v) is 4.42. The highest BCUT2D eigenvalue weighted by Crippen LogP contribution is 2.39. The van der Waals surface area contributed by atoms with Gasteiger partial charge in [0.25, 0.3) is 5.91 Å². The third kappa shape index (κ3) is 2.75. The predicted molar refractivity (Wildman–Crippen MR) is 77.5 cm³/mol. The zero-order valence-corrected chi connectivity index (χ0v) is 12.3. The van der Waals surface area contributed by atoms with Gasteiger partial charge in [-0.25, -0.2) is 0 Å². The Morgan fingerprint density at radius 1 is 1.32 bits per heavy atom. The second kappa shape index (κ2) is 5.55. The molecular formula is C15H19N5O2. The molecule has 0 spiro atoms. The Kier molecular flexibility index (Phi) is 3.40. The standard InChI is InChI=1S/C15H19N5O2/c21-14(12-8-11(18-19-12)9-4-5-9)16-7-6-13-17-15(22-20-13)10-2-1-3-10/h8-10H,1-7H2,(H,16,21)(H,18,19). The number of rotatable bonds is 6. The van der Waals surface area contributed by atoms with Gasteiger partial charge in [0.15, 0.2) is 5.82 Å². The first-order chi connectivity index (χ1) is 10.8. The Hall–Kier alpha value is -2.18. The van der Waals surface area contributed by atoms with Crippen molar-refractivity contribution < 1.29 is 9.32 Å². The molecule has 0 bridgehead atoms.